The number of halogens is 3. The molecule has 1 aromatic carbocycles. The van der Waals surface area contributed by atoms with E-state index < -0.39 is 47.3 Å². The molecular weight excluding hydrogens is 509 g/mol. The quantitative estimate of drug-likeness (QED) is 0.501. The van der Waals surface area contributed by atoms with Gasteiger partial charge in [-0.05, 0) is 48.4 Å². The van der Waals surface area contributed by atoms with Gasteiger partial charge < -0.3 is 15.7 Å². The van der Waals surface area contributed by atoms with E-state index in [0.29, 0.717) is 17.7 Å². The van der Waals surface area contributed by atoms with Gasteiger partial charge in [0.15, 0.2) is 0 Å². The number of carbonyl (C=O) groups excluding carboxylic acids is 2. The lowest BCUT2D eigenvalue weighted by atomic mass is 9.83. The molecule has 0 radical (unpaired) electrons. The molecule has 2 aliphatic rings. The number of nitrogens with zero attached hydrogens (tertiary/aromatic N) is 2. The molecule has 1 aromatic heterocycles. The molecule has 1 saturated heterocycles. The van der Waals surface area contributed by atoms with Crippen molar-refractivity contribution in [2.45, 2.75) is 94.6 Å². The van der Waals surface area contributed by atoms with Crippen LogP contribution in [0.15, 0.2) is 48.8 Å². The van der Waals surface area contributed by atoms with E-state index in [1.54, 1.807) is 12.1 Å². The highest BCUT2D eigenvalue weighted by molar-refractivity contribution is 6.07. The number of aromatic nitrogens is 1. The first-order chi connectivity index (χ1) is 18.4. The highest BCUT2D eigenvalue weighted by Crippen LogP contribution is 2.47. The van der Waals surface area contributed by atoms with Crippen LogP contribution in [0, 0.1) is 0 Å². The van der Waals surface area contributed by atoms with Crippen LogP contribution >= 0.6 is 0 Å². The number of aliphatic hydroxyl groups is 1. The first-order valence-corrected chi connectivity index (χ1v) is 13.5. The first-order valence-electron chi connectivity index (χ1n) is 13.5. The SMILES string of the molecule is CC(C)(C)c1ccc(N(C(=O)[C@H]2C[C@@H](O)CN2)C(C(=O)NC2CCCCC2)(c2cccnc2)C(F)(F)F)cc1. The second-order valence-corrected chi connectivity index (χ2v) is 11.6. The van der Waals surface area contributed by atoms with E-state index in [2.05, 4.69) is 15.6 Å². The molecule has 39 heavy (non-hydrogen) atoms. The van der Waals surface area contributed by atoms with Crippen LogP contribution in [0.4, 0.5) is 18.9 Å². The number of pyridine rings is 1. The maximum atomic E-state index is 15.6. The Bertz CT molecular complexity index is 1150. The molecule has 212 valence electrons. The van der Waals surface area contributed by atoms with Crippen LogP contribution in [0.2, 0.25) is 0 Å². The fraction of sp³-hybridized carbons (Fsp3) is 0.552. The average Bonchev–Trinajstić information content (AvgIpc) is 3.33. The standard InChI is InChI=1S/C29H37F3N4O3/c1-27(2,3)19-11-13-22(14-12-19)36(25(38)24-16-23(37)18-34-24)28(29(30,31)32,20-8-7-15-33-17-20)26(39)35-21-9-5-4-6-10-21/h7-8,11-15,17,21,23-24,34,37H,4-6,9-10,16,18H2,1-3H3,(H,35,39)/t23-,24-,28?/m1/s1. The van der Waals surface area contributed by atoms with Gasteiger partial charge in [0.25, 0.3) is 5.91 Å². The molecule has 3 atom stereocenters. The van der Waals surface area contributed by atoms with Crippen LogP contribution < -0.4 is 15.5 Å². The normalized spacial score (nSPS) is 22.2. The number of rotatable bonds is 6. The second kappa shape index (κ2) is 11.3. The molecule has 7 nitrogen and oxygen atoms in total. The Morgan fingerprint density at radius 1 is 1.03 bits per heavy atom. The van der Waals surface area contributed by atoms with E-state index in [0.717, 1.165) is 31.0 Å². The monoisotopic (exact) mass is 546 g/mol. The minimum Gasteiger partial charge on any atom is -0.392 e. The van der Waals surface area contributed by atoms with Crippen molar-refractivity contribution < 1.29 is 27.9 Å². The lowest BCUT2D eigenvalue weighted by Gasteiger charge is -2.45. The van der Waals surface area contributed by atoms with Gasteiger partial charge >= 0.3 is 6.18 Å². The summed E-state index contributed by atoms with van der Waals surface area (Å²) in [5.41, 5.74) is -3.35. The van der Waals surface area contributed by atoms with E-state index >= 15 is 13.2 Å². The van der Waals surface area contributed by atoms with Gasteiger partial charge in [-0.15, -0.1) is 0 Å². The van der Waals surface area contributed by atoms with Crippen LogP contribution in [-0.4, -0.2) is 52.8 Å². The van der Waals surface area contributed by atoms with Crippen molar-refractivity contribution in [1.82, 2.24) is 15.6 Å². The molecule has 2 aromatic rings. The molecular formula is C29H37F3N4O3. The number of hydrogen-bond acceptors (Lipinski definition) is 5. The number of hydrogen-bond donors (Lipinski definition) is 3. The zero-order valence-corrected chi connectivity index (χ0v) is 22.6. The van der Waals surface area contributed by atoms with Crippen molar-refractivity contribution in [3.05, 3.63) is 59.9 Å². The number of anilines is 1. The number of β-amino-alcohol motifs (C(OH)–C–C–N with tert-alkyl or cyclic N) is 1. The highest BCUT2D eigenvalue weighted by atomic mass is 19.4. The second-order valence-electron chi connectivity index (χ2n) is 11.6. The molecule has 0 bridgehead atoms. The number of alkyl halides is 3. The summed E-state index contributed by atoms with van der Waals surface area (Å²) < 4.78 is 46.9. The Labute approximate surface area is 227 Å². The lowest BCUT2D eigenvalue weighted by Crippen LogP contribution is -2.69. The Morgan fingerprint density at radius 3 is 2.21 bits per heavy atom. The molecule has 1 aliphatic carbocycles. The molecule has 1 saturated carbocycles. The Kier molecular flexibility index (Phi) is 8.37. The highest BCUT2D eigenvalue weighted by Gasteiger charge is 2.68. The fourth-order valence-electron chi connectivity index (χ4n) is 5.55. The fourth-order valence-corrected chi connectivity index (χ4v) is 5.55. The maximum absolute atomic E-state index is 15.6. The molecule has 2 fully saturated rings. The Balaban J connectivity index is 1.94. The zero-order valence-electron chi connectivity index (χ0n) is 22.6. The van der Waals surface area contributed by atoms with Gasteiger partial charge in [-0.3, -0.25) is 19.5 Å². The third kappa shape index (κ3) is 5.82. The van der Waals surface area contributed by atoms with Crippen molar-refractivity contribution in [2.24, 2.45) is 0 Å². The van der Waals surface area contributed by atoms with Gasteiger partial charge in [-0.25, -0.2) is 0 Å². The van der Waals surface area contributed by atoms with Gasteiger partial charge in [0, 0.05) is 36.2 Å². The predicted molar refractivity (Wildman–Crippen MR) is 142 cm³/mol. The average molecular weight is 547 g/mol. The summed E-state index contributed by atoms with van der Waals surface area (Å²) in [5, 5.41) is 15.6. The van der Waals surface area contributed by atoms with Crippen molar-refractivity contribution in [2.75, 3.05) is 11.4 Å². The Morgan fingerprint density at radius 2 is 1.69 bits per heavy atom. The number of benzene rings is 1. The molecule has 3 N–H and O–H groups in total. The smallest absolute Gasteiger partial charge is 0.392 e. The topological polar surface area (TPSA) is 94.6 Å². The third-order valence-corrected chi connectivity index (χ3v) is 7.71. The van der Waals surface area contributed by atoms with Crippen LogP contribution in [0.1, 0.15) is 70.4 Å². The molecule has 2 heterocycles. The van der Waals surface area contributed by atoms with E-state index in [1.165, 1.54) is 30.5 Å². The largest absolute Gasteiger partial charge is 0.425 e. The van der Waals surface area contributed by atoms with E-state index in [9.17, 15) is 14.7 Å². The van der Waals surface area contributed by atoms with E-state index in [4.69, 9.17) is 0 Å². The summed E-state index contributed by atoms with van der Waals surface area (Å²) in [6.45, 7) is 5.99. The molecule has 1 unspecified atom stereocenters. The Hall–Kier alpha value is -2.98. The lowest BCUT2D eigenvalue weighted by molar-refractivity contribution is -0.197. The number of aliphatic hydroxyl groups excluding tert-OH is 1. The minimum absolute atomic E-state index is 0.0629. The van der Waals surface area contributed by atoms with Gasteiger partial charge in [-0.2, -0.15) is 13.2 Å². The summed E-state index contributed by atoms with van der Waals surface area (Å²) in [6, 6.07) is 7.23. The predicted octanol–water partition coefficient (Wildman–Crippen LogP) is 4.34. The minimum atomic E-state index is -5.22. The van der Waals surface area contributed by atoms with Crippen LogP contribution in [0.5, 0.6) is 0 Å². The van der Waals surface area contributed by atoms with Gasteiger partial charge in [0.1, 0.15) is 0 Å². The van der Waals surface area contributed by atoms with Crippen molar-refractivity contribution in [1.29, 1.82) is 0 Å². The van der Waals surface area contributed by atoms with Crippen molar-refractivity contribution in [3.63, 3.8) is 0 Å². The van der Waals surface area contributed by atoms with Gasteiger partial charge in [-0.1, -0.05) is 58.2 Å². The summed E-state index contributed by atoms with van der Waals surface area (Å²) in [7, 11) is 0. The van der Waals surface area contributed by atoms with Crippen LogP contribution in [0.3, 0.4) is 0 Å². The van der Waals surface area contributed by atoms with E-state index in [-0.39, 0.29) is 24.1 Å². The summed E-state index contributed by atoms with van der Waals surface area (Å²) in [4.78, 5) is 32.7. The van der Waals surface area contributed by atoms with Crippen molar-refractivity contribution >= 4 is 17.5 Å². The molecule has 2 amide bonds. The van der Waals surface area contributed by atoms with Crippen LogP contribution in [-0.2, 0) is 20.5 Å². The van der Waals surface area contributed by atoms with E-state index in [1.807, 2.05) is 20.8 Å². The van der Waals surface area contributed by atoms with Gasteiger partial charge in [0.05, 0.1) is 12.1 Å². The first kappa shape index (κ1) is 29.0. The molecule has 4 rings (SSSR count). The summed E-state index contributed by atoms with van der Waals surface area (Å²) in [5.74, 6) is -2.27. The van der Waals surface area contributed by atoms with Crippen molar-refractivity contribution in [3.8, 4) is 0 Å². The number of amides is 2. The summed E-state index contributed by atoms with van der Waals surface area (Å²) >= 11 is 0. The zero-order chi connectivity index (χ0) is 28.4. The molecule has 0 spiro atoms. The molecule has 10 heteroatoms. The van der Waals surface area contributed by atoms with Gasteiger partial charge in [0.2, 0.25) is 11.4 Å². The maximum Gasteiger partial charge on any atom is 0.425 e. The number of carbonyl (C=O) groups is 2. The number of nitrogens with one attached hydrogen (secondary N) is 2. The third-order valence-electron chi connectivity index (χ3n) is 7.71. The molecule has 1 aliphatic heterocycles. The van der Waals surface area contributed by atoms with Crippen LogP contribution in [0.25, 0.3) is 0 Å². The summed E-state index contributed by atoms with van der Waals surface area (Å²) in [6.07, 6.45) is -0.162.